The molecule has 0 bridgehead atoms. The lowest BCUT2D eigenvalue weighted by Crippen LogP contribution is -2.45. The summed E-state index contributed by atoms with van der Waals surface area (Å²) in [6, 6.07) is 5.75. The molecule has 0 aliphatic carbocycles. The zero-order valence-electron chi connectivity index (χ0n) is 15.3. The zero-order chi connectivity index (χ0) is 19.0. The lowest BCUT2D eigenvalue weighted by molar-refractivity contribution is -0.118. The second kappa shape index (κ2) is 9.05. The van der Waals surface area contributed by atoms with Crippen LogP contribution in [0, 0.1) is 0 Å². The van der Waals surface area contributed by atoms with E-state index in [2.05, 4.69) is 10.6 Å². The minimum Gasteiger partial charge on any atom is -0.462 e. The number of hydrogen-bond donors (Lipinski definition) is 2. The number of carbonyl (C=O) groups is 3. The van der Waals surface area contributed by atoms with Gasteiger partial charge in [-0.25, -0.2) is 9.59 Å². The first-order valence-electron chi connectivity index (χ1n) is 8.24. The molecular weight excluding hydrogens is 324 g/mol. The lowest BCUT2D eigenvalue weighted by atomic mass is 10.1. The molecule has 7 heteroatoms. The number of hydrogen-bond acceptors (Lipinski definition) is 5. The highest BCUT2D eigenvalue weighted by molar-refractivity contribution is 6.03. The molecule has 2 N–H and O–H groups in total. The number of ether oxygens (including phenoxy) is 2. The fourth-order valence-corrected chi connectivity index (χ4v) is 2.00. The van der Waals surface area contributed by atoms with Gasteiger partial charge in [-0.15, -0.1) is 0 Å². The van der Waals surface area contributed by atoms with Gasteiger partial charge in [0.1, 0.15) is 11.6 Å². The van der Waals surface area contributed by atoms with Gasteiger partial charge in [0.05, 0.1) is 17.9 Å². The number of benzene rings is 1. The highest BCUT2D eigenvalue weighted by Gasteiger charge is 2.24. The van der Waals surface area contributed by atoms with Crippen LogP contribution in [0.2, 0.25) is 0 Å². The molecule has 1 aromatic rings. The van der Waals surface area contributed by atoms with Gasteiger partial charge in [0, 0.05) is 0 Å². The molecule has 0 aliphatic rings. The number of esters is 1. The molecule has 0 saturated heterocycles. The minimum absolute atomic E-state index is 0.235. The third-order valence-electron chi connectivity index (χ3n) is 3.10. The minimum atomic E-state index is -0.787. The monoisotopic (exact) mass is 350 g/mol. The van der Waals surface area contributed by atoms with Crippen LogP contribution in [0.25, 0.3) is 0 Å². The van der Waals surface area contributed by atoms with Crippen molar-refractivity contribution in [3.05, 3.63) is 29.8 Å². The molecular formula is C18H26N2O5. The van der Waals surface area contributed by atoms with Gasteiger partial charge < -0.3 is 20.1 Å². The Morgan fingerprint density at radius 3 is 2.32 bits per heavy atom. The molecule has 0 radical (unpaired) electrons. The Balaban J connectivity index is 2.83. The lowest BCUT2D eigenvalue weighted by Gasteiger charge is -2.23. The van der Waals surface area contributed by atoms with E-state index in [-0.39, 0.29) is 12.2 Å². The summed E-state index contributed by atoms with van der Waals surface area (Å²) in [6.45, 7) is 8.92. The molecule has 0 spiro atoms. The van der Waals surface area contributed by atoms with E-state index in [1.165, 1.54) is 0 Å². The molecule has 0 fully saturated rings. The number of alkyl carbamates (subject to hydrolysis) is 1. The van der Waals surface area contributed by atoms with Crippen LogP contribution in [0.5, 0.6) is 0 Å². The Labute approximate surface area is 148 Å². The van der Waals surface area contributed by atoms with Crippen LogP contribution in [-0.4, -0.2) is 36.2 Å². The van der Waals surface area contributed by atoms with Gasteiger partial charge in [0.25, 0.3) is 0 Å². The molecule has 0 saturated carbocycles. The number of anilines is 1. The van der Waals surface area contributed by atoms with Gasteiger partial charge in [0.15, 0.2) is 0 Å². The fraction of sp³-hybridized carbons (Fsp3) is 0.500. The summed E-state index contributed by atoms with van der Waals surface area (Å²) in [7, 11) is 0. The standard InChI is InChI=1S/C18H26N2O5/c1-6-13(20-17(23)25-18(3,4)5)15(21)19-14-11-9-8-10-12(14)16(22)24-7-2/h8-11,13H,6-7H2,1-5H3,(H,19,21)(H,20,23)/t13-/m0/s1. The summed E-state index contributed by atoms with van der Waals surface area (Å²) in [5, 5.41) is 5.19. The van der Waals surface area contributed by atoms with E-state index in [1.807, 2.05) is 0 Å². The van der Waals surface area contributed by atoms with Crippen molar-refractivity contribution in [2.24, 2.45) is 0 Å². The smallest absolute Gasteiger partial charge is 0.408 e. The van der Waals surface area contributed by atoms with Gasteiger partial charge in [0.2, 0.25) is 5.91 Å². The third-order valence-corrected chi connectivity index (χ3v) is 3.10. The van der Waals surface area contributed by atoms with E-state index in [9.17, 15) is 14.4 Å². The van der Waals surface area contributed by atoms with Crippen molar-refractivity contribution in [3.8, 4) is 0 Å². The van der Waals surface area contributed by atoms with Crippen molar-refractivity contribution in [1.29, 1.82) is 0 Å². The first-order chi connectivity index (χ1) is 11.7. The molecule has 7 nitrogen and oxygen atoms in total. The van der Waals surface area contributed by atoms with Gasteiger partial charge in [-0.3, -0.25) is 4.79 Å². The molecule has 0 unspecified atom stereocenters. The molecule has 1 rings (SSSR count). The molecule has 1 atom stereocenters. The predicted octanol–water partition coefficient (Wildman–Crippen LogP) is 3.11. The maximum absolute atomic E-state index is 12.4. The largest absolute Gasteiger partial charge is 0.462 e. The Morgan fingerprint density at radius 2 is 1.76 bits per heavy atom. The van der Waals surface area contributed by atoms with Crippen LogP contribution in [0.3, 0.4) is 0 Å². The van der Waals surface area contributed by atoms with Gasteiger partial charge in [-0.1, -0.05) is 19.1 Å². The molecule has 25 heavy (non-hydrogen) atoms. The molecule has 0 aliphatic heterocycles. The normalized spacial score (nSPS) is 12.0. The Morgan fingerprint density at radius 1 is 1.12 bits per heavy atom. The number of amides is 2. The number of nitrogens with one attached hydrogen (secondary N) is 2. The van der Waals surface area contributed by atoms with E-state index in [0.717, 1.165) is 0 Å². The van der Waals surface area contributed by atoms with E-state index >= 15 is 0 Å². The second-order valence-electron chi connectivity index (χ2n) is 6.36. The van der Waals surface area contributed by atoms with Crippen LogP contribution >= 0.6 is 0 Å². The summed E-state index contributed by atoms with van der Waals surface area (Å²) in [4.78, 5) is 36.3. The zero-order valence-corrected chi connectivity index (χ0v) is 15.3. The predicted molar refractivity (Wildman–Crippen MR) is 94.5 cm³/mol. The van der Waals surface area contributed by atoms with Crippen molar-refractivity contribution >= 4 is 23.7 Å². The number of para-hydroxylation sites is 1. The van der Waals surface area contributed by atoms with Crippen molar-refractivity contribution in [2.45, 2.75) is 52.7 Å². The van der Waals surface area contributed by atoms with Crippen molar-refractivity contribution in [1.82, 2.24) is 5.32 Å². The van der Waals surface area contributed by atoms with Crippen LogP contribution < -0.4 is 10.6 Å². The summed E-state index contributed by atoms with van der Waals surface area (Å²) < 4.78 is 10.1. The van der Waals surface area contributed by atoms with Crippen molar-refractivity contribution < 1.29 is 23.9 Å². The third kappa shape index (κ3) is 6.82. The Kier molecular flexibility index (Phi) is 7.42. The molecule has 1 aromatic carbocycles. The highest BCUT2D eigenvalue weighted by atomic mass is 16.6. The number of carbonyl (C=O) groups excluding carboxylic acids is 3. The summed E-state index contributed by atoms with van der Waals surface area (Å²) >= 11 is 0. The Bertz CT molecular complexity index is 622. The van der Waals surface area contributed by atoms with Gasteiger partial charge in [-0.05, 0) is 46.2 Å². The summed E-state index contributed by atoms with van der Waals surface area (Å²) in [5.74, 6) is -0.961. The second-order valence-corrected chi connectivity index (χ2v) is 6.36. The summed E-state index contributed by atoms with van der Waals surface area (Å²) in [6.07, 6.45) is -0.305. The maximum Gasteiger partial charge on any atom is 0.408 e. The molecule has 0 aromatic heterocycles. The maximum atomic E-state index is 12.4. The van der Waals surface area contributed by atoms with Crippen LogP contribution in [0.1, 0.15) is 51.4 Å². The quantitative estimate of drug-likeness (QED) is 0.769. The highest BCUT2D eigenvalue weighted by Crippen LogP contribution is 2.17. The summed E-state index contributed by atoms with van der Waals surface area (Å²) in [5.41, 5.74) is -0.0739. The molecule has 0 heterocycles. The van der Waals surface area contributed by atoms with Crippen LogP contribution in [0.15, 0.2) is 24.3 Å². The molecule has 2 amide bonds. The number of rotatable bonds is 6. The van der Waals surface area contributed by atoms with Crippen molar-refractivity contribution in [2.75, 3.05) is 11.9 Å². The van der Waals surface area contributed by atoms with E-state index in [4.69, 9.17) is 9.47 Å². The average molecular weight is 350 g/mol. The first-order valence-corrected chi connectivity index (χ1v) is 8.24. The van der Waals surface area contributed by atoms with Gasteiger partial charge in [-0.2, -0.15) is 0 Å². The van der Waals surface area contributed by atoms with E-state index in [0.29, 0.717) is 12.1 Å². The van der Waals surface area contributed by atoms with Gasteiger partial charge >= 0.3 is 12.1 Å². The van der Waals surface area contributed by atoms with Crippen LogP contribution in [-0.2, 0) is 14.3 Å². The Hall–Kier alpha value is -2.57. The van der Waals surface area contributed by atoms with E-state index < -0.39 is 29.6 Å². The molecule has 138 valence electrons. The van der Waals surface area contributed by atoms with Crippen molar-refractivity contribution in [3.63, 3.8) is 0 Å². The SMILES string of the molecule is CCOC(=O)c1ccccc1NC(=O)[C@H](CC)NC(=O)OC(C)(C)C. The first kappa shape index (κ1) is 20.5. The van der Waals surface area contributed by atoms with Crippen LogP contribution in [0.4, 0.5) is 10.5 Å². The fourth-order valence-electron chi connectivity index (χ4n) is 2.00. The average Bonchev–Trinajstić information content (AvgIpc) is 2.51. The topological polar surface area (TPSA) is 93.7 Å². The van der Waals surface area contributed by atoms with E-state index in [1.54, 1.807) is 58.9 Å².